The van der Waals surface area contributed by atoms with Crippen LogP contribution in [-0.2, 0) is 4.79 Å². The van der Waals surface area contributed by atoms with Gasteiger partial charge in [-0.15, -0.1) is 0 Å². The topological polar surface area (TPSA) is 55.1 Å². The quantitative estimate of drug-likeness (QED) is 0.833. The van der Waals surface area contributed by atoms with Crippen molar-refractivity contribution in [1.82, 2.24) is 0 Å². The summed E-state index contributed by atoms with van der Waals surface area (Å²) in [5.74, 6) is 0.256. The number of nitrogens with one attached hydrogen (secondary N) is 1. The molecule has 0 spiro atoms. The first-order valence-electron chi connectivity index (χ1n) is 5.29. The molecule has 0 saturated carbocycles. The lowest BCUT2D eigenvalue weighted by molar-refractivity contribution is -0.116. The van der Waals surface area contributed by atoms with Crippen molar-refractivity contribution in [3.05, 3.63) is 27.3 Å². The Morgan fingerprint density at radius 3 is 2.81 bits per heavy atom. The van der Waals surface area contributed by atoms with Crippen LogP contribution in [0.2, 0.25) is 0 Å². The van der Waals surface area contributed by atoms with Gasteiger partial charge in [-0.2, -0.15) is 0 Å². The van der Waals surface area contributed by atoms with Gasteiger partial charge >= 0.3 is 0 Å². The number of amides is 1. The number of hydrogen-bond donors (Lipinski definition) is 2. The van der Waals surface area contributed by atoms with Crippen LogP contribution < -0.4 is 11.1 Å². The third-order valence-electron chi connectivity index (χ3n) is 2.40. The predicted molar refractivity (Wildman–Crippen MR) is 75.4 cm³/mol. The Labute approximate surface area is 110 Å². The van der Waals surface area contributed by atoms with Gasteiger partial charge in [0.15, 0.2) is 0 Å². The third-order valence-corrected chi connectivity index (χ3v) is 3.07. The number of rotatable bonds is 4. The van der Waals surface area contributed by atoms with E-state index in [4.69, 9.17) is 5.73 Å². The lowest BCUT2D eigenvalue weighted by Crippen LogP contribution is -2.20. The second kappa shape index (κ2) is 6.20. The fraction of sp³-hybridized carbons (Fsp3) is 0.417. The van der Waals surface area contributed by atoms with E-state index in [2.05, 4.69) is 27.9 Å². The zero-order valence-electron chi connectivity index (χ0n) is 9.59. The van der Waals surface area contributed by atoms with E-state index in [1.807, 2.05) is 32.0 Å². The van der Waals surface area contributed by atoms with E-state index in [1.165, 1.54) is 3.57 Å². The lowest BCUT2D eigenvalue weighted by atomic mass is 10.1. The zero-order chi connectivity index (χ0) is 12.1. The van der Waals surface area contributed by atoms with E-state index in [9.17, 15) is 4.79 Å². The first-order chi connectivity index (χ1) is 7.52. The van der Waals surface area contributed by atoms with Crippen LogP contribution in [-0.4, -0.2) is 12.5 Å². The monoisotopic (exact) mass is 332 g/mol. The van der Waals surface area contributed by atoms with Gasteiger partial charge in [0.05, 0.1) is 0 Å². The van der Waals surface area contributed by atoms with Crippen LogP contribution in [0.5, 0.6) is 0 Å². The maximum atomic E-state index is 11.7. The molecule has 0 radical (unpaired) electrons. The molecule has 0 saturated heterocycles. The van der Waals surface area contributed by atoms with Gasteiger partial charge in [-0.3, -0.25) is 4.79 Å². The maximum Gasteiger partial charge on any atom is 0.224 e. The standard InChI is InChI=1S/C12H17IN2O/c1-8(7-14)5-12(16)15-11-4-3-10(13)6-9(11)2/h3-4,6,8H,5,7,14H2,1-2H3,(H,15,16). The summed E-state index contributed by atoms with van der Waals surface area (Å²) in [6.45, 7) is 4.50. The zero-order valence-corrected chi connectivity index (χ0v) is 11.7. The number of nitrogens with two attached hydrogens (primary N) is 1. The van der Waals surface area contributed by atoms with Crippen LogP contribution in [0.1, 0.15) is 18.9 Å². The molecule has 1 atom stereocenters. The molecule has 4 heteroatoms. The van der Waals surface area contributed by atoms with Gasteiger partial charge in [0.1, 0.15) is 0 Å². The number of aryl methyl sites for hydroxylation is 1. The van der Waals surface area contributed by atoms with Crippen LogP contribution in [0.3, 0.4) is 0 Å². The molecule has 0 aliphatic carbocycles. The van der Waals surface area contributed by atoms with Crippen molar-refractivity contribution in [3.8, 4) is 0 Å². The van der Waals surface area contributed by atoms with Gasteiger partial charge in [-0.05, 0) is 65.7 Å². The fourth-order valence-corrected chi connectivity index (χ4v) is 2.02. The van der Waals surface area contributed by atoms with Gasteiger partial charge in [-0.1, -0.05) is 6.92 Å². The minimum absolute atomic E-state index is 0.0299. The third kappa shape index (κ3) is 4.09. The Morgan fingerprint density at radius 2 is 2.25 bits per heavy atom. The molecule has 3 N–H and O–H groups in total. The molecule has 16 heavy (non-hydrogen) atoms. The van der Waals surface area contributed by atoms with E-state index in [0.29, 0.717) is 13.0 Å². The Hall–Kier alpha value is -0.620. The predicted octanol–water partition coefficient (Wildman–Crippen LogP) is 2.52. The van der Waals surface area contributed by atoms with Gasteiger partial charge in [0, 0.05) is 15.7 Å². The summed E-state index contributed by atoms with van der Waals surface area (Å²) in [4.78, 5) is 11.7. The first kappa shape index (κ1) is 13.4. The molecule has 0 aliphatic rings. The molecule has 3 nitrogen and oxygen atoms in total. The van der Waals surface area contributed by atoms with E-state index in [-0.39, 0.29) is 11.8 Å². The highest BCUT2D eigenvalue weighted by molar-refractivity contribution is 14.1. The largest absolute Gasteiger partial charge is 0.330 e. The van der Waals surface area contributed by atoms with Crippen molar-refractivity contribution in [1.29, 1.82) is 0 Å². The van der Waals surface area contributed by atoms with E-state index >= 15 is 0 Å². The second-order valence-electron chi connectivity index (χ2n) is 4.05. The normalized spacial score (nSPS) is 12.2. The van der Waals surface area contributed by atoms with E-state index in [0.717, 1.165) is 11.3 Å². The SMILES string of the molecule is Cc1cc(I)ccc1NC(=O)CC(C)CN. The molecule has 0 fully saturated rings. The summed E-state index contributed by atoms with van der Waals surface area (Å²) >= 11 is 2.25. The minimum Gasteiger partial charge on any atom is -0.330 e. The molecular weight excluding hydrogens is 315 g/mol. The molecule has 1 rings (SSSR count). The number of benzene rings is 1. The molecule has 1 amide bonds. The molecule has 0 aromatic heterocycles. The Morgan fingerprint density at radius 1 is 1.56 bits per heavy atom. The first-order valence-corrected chi connectivity index (χ1v) is 6.37. The number of halogens is 1. The molecule has 0 heterocycles. The van der Waals surface area contributed by atoms with Gasteiger partial charge < -0.3 is 11.1 Å². The lowest BCUT2D eigenvalue weighted by Gasteiger charge is -2.11. The fourth-order valence-electron chi connectivity index (χ4n) is 1.37. The summed E-state index contributed by atoms with van der Waals surface area (Å²) in [5.41, 5.74) is 7.45. The summed E-state index contributed by atoms with van der Waals surface area (Å²) < 4.78 is 1.17. The number of hydrogen-bond acceptors (Lipinski definition) is 2. The molecule has 88 valence electrons. The summed E-state index contributed by atoms with van der Waals surface area (Å²) in [7, 11) is 0. The van der Waals surface area contributed by atoms with Crippen molar-refractivity contribution >= 4 is 34.2 Å². The summed E-state index contributed by atoms with van der Waals surface area (Å²) in [6, 6.07) is 5.96. The molecule has 0 bridgehead atoms. The number of carbonyl (C=O) groups excluding carboxylic acids is 1. The number of carbonyl (C=O) groups is 1. The van der Waals surface area contributed by atoms with Crippen molar-refractivity contribution in [2.75, 3.05) is 11.9 Å². The molecule has 1 aromatic rings. The van der Waals surface area contributed by atoms with Gasteiger partial charge in [0.2, 0.25) is 5.91 Å². The highest BCUT2D eigenvalue weighted by atomic mass is 127. The van der Waals surface area contributed by atoms with Crippen LogP contribution >= 0.6 is 22.6 Å². The minimum atomic E-state index is 0.0299. The Bertz CT molecular complexity index is 379. The van der Waals surface area contributed by atoms with E-state index < -0.39 is 0 Å². The summed E-state index contributed by atoms with van der Waals surface area (Å²) in [5, 5.41) is 2.90. The summed E-state index contributed by atoms with van der Waals surface area (Å²) in [6.07, 6.45) is 0.474. The van der Waals surface area contributed by atoms with Gasteiger partial charge in [-0.25, -0.2) is 0 Å². The Kier molecular flexibility index (Phi) is 5.21. The second-order valence-corrected chi connectivity index (χ2v) is 5.30. The van der Waals surface area contributed by atoms with Crippen LogP contribution in [0, 0.1) is 16.4 Å². The van der Waals surface area contributed by atoms with Crippen LogP contribution in [0.25, 0.3) is 0 Å². The Balaban J connectivity index is 2.63. The van der Waals surface area contributed by atoms with Crippen molar-refractivity contribution < 1.29 is 4.79 Å². The molecular formula is C12H17IN2O. The van der Waals surface area contributed by atoms with E-state index in [1.54, 1.807) is 0 Å². The average molecular weight is 332 g/mol. The molecule has 1 aromatic carbocycles. The average Bonchev–Trinajstić information content (AvgIpc) is 2.22. The van der Waals surface area contributed by atoms with Crippen LogP contribution in [0.15, 0.2) is 18.2 Å². The van der Waals surface area contributed by atoms with Crippen molar-refractivity contribution in [2.24, 2.45) is 11.7 Å². The number of anilines is 1. The van der Waals surface area contributed by atoms with Crippen molar-refractivity contribution in [3.63, 3.8) is 0 Å². The molecule has 1 unspecified atom stereocenters. The van der Waals surface area contributed by atoms with Crippen molar-refractivity contribution in [2.45, 2.75) is 20.3 Å². The highest BCUT2D eigenvalue weighted by Crippen LogP contribution is 2.18. The van der Waals surface area contributed by atoms with Crippen LogP contribution in [0.4, 0.5) is 5.69 Å². The van der Waals surface area contributed by atoms with Gasteiger partial charge in [0.25, 0.3) is 0 Å². The molecule has 0 aliphatic heterocycles. The highest BCUT2D eigenvalue weighted by Gasteiger charge is 2.08. The smallest absolute Gasteiger partial charge is 0.224 e. The maximum absolute atomic E-state index is 11.7.